The van der Waals surface area contributed by atoms with Crippen molar-refractivity contribution in [1.29, 1.82) is 0 Å². The molecule has 2 atom stereocenters. The zero-order chi connectivity index (χ0) is 16.2. The van der Waals surface area contributed by atoms with Gasteiger partial charge < -0.3 is 10.6 Å². The fourth-order valence-electron chi connectivity index (χ4n) is 2.68. The van der Waals surface area contributed by atoms with Crippen molar-refractivity contribution < 1.29 is 4.79 Å². The van der Waals surface area contributed by atoms with Gasteiger partial charge in [0.05, 0.1) is 5.75 Å². The van der Waals surface area contributed by atoms with Crippen LogP contribution in [0.15, 0.2) is 29.2 Å². The predicted octanol–water partition coefficient (Wildman–Crippen LogP) is 3.61. The standard InChI is InChI=1S/C18H28N2OS.ClH/c1-13-11-19-10-9-16(13)20-17(21)12-22-15-7-5-14(6-8-15)18(2,3)4;/h5-8,13,16,19H,9-12H2,1-4H3,(H,20,21);1H. The molecule has 5 heteroatoms. The number of hydrogen-bond donors (Lipinski definition) is 2. The molecule has 1 fully saturated rings. The number of rotatable bonds is 4. The van der Waals surface area contributed by atoms with Crippen LogP contribution in [0.25, 0.3) is 0 Å². The fourth-order valence-corrected chi connectivity index (χ4v) is 3.39. The molecule has 1 aliphatic rings. The number of hydrogen-bond acceptors (Lipinski definition) is 3. The number of benzene rings is 1. The Hall–Kier alpha value is -0.710. The van der Waals surface area contributed by atoms with Crippen LogP contribution < -0.4 is 10.6 Å². The minimum Gasteiger partial charge on any atom is -0.352 e. The number of carbonyl (C=O) groups excluding carboxylic acids is 1. The van der Waals surface area contributed by atoms with Crippen LogP contribution in [0.2, 0.25) is 0 Å². The van der Waals surface area contributed by atoms with Crippen LogP contribution in [0.1, 0.15) is 39.7 Å². The highest BCUT2D eigenvalue weighted by Gasteiger charge is 2.22. The highest BCUT2D eigenvalue weighted by Crippen LogP contribution is 2.25. The Bertz CT molecular complexity index is 499. The van der Waals surface area contributed by atoms with Gasteiger partial charge in [-0.1, -0.05) is 39.8 Å². The summed E-state index contributed by atoms with van der Waals surface area (Å²) in [6, 6.07) is 8.87. The number of carbonyl (C=O) groups is 1. The molecule has 0 saturated carbocycles. The molecule has 130 valence electrons. The lowest BCUT2D eigenvalue weighted by Gasteiger charge is -2.30. The van der Waals surface area contributed by atoms with Gasteiger partial charge in [-0.15, -0.1) is 24.2 Å². The number of piperidine rings is 1. The van der Waals surface area contributed by atoms with Crippen molar-refractivity contribution in [3.63, 3.8) is 0 Å². The monoisotopic (exact) mass is 356 g/mol. The third-order valence-corrected chi connectivity index (χ3v) is 5.23. The van der Waals surface area contributed by atoms with Crippen molar-refractivity contribution in [2.45, 2.75) is 50.5 Å². The molecule has 0 aromatic heterocycles. The second kappa shape index (κ2) is 8.95. The van der Waals surface area contributed by atoms with E-state index in [2.05, 4.69) is 62.6 Å². The van der Waals surface area contributed by atoms with E-state index in [1.54, 1.807) is 11.8 Å². The van der Waals surface area contributed by atoms with Crippen LogP contribution in [0, 0.1) is 5.92 Å². The minimum atomic E-state index is 0. The van der Waals surface area contributed by atoms with E-state index in [9.17, 15) is 4.79 Å². The van der Waals surface area contributed by atoms with Crippen molar-refractivity contribution >= 4 is 30.1 Å². The van der Waals surface area contributed by atoms with Gasteiger partial charge in [-0.2, -0.15) is 0 Å². The molecule has 1 amide bonds. The molecule has 0 bridgehead atoms. The second-order valence-electron chi connectivity index (χ2n) is 7.21. The Morgan fingerprint density at radius 2 is 1.96 bits per heavy atom. The van der Waals surface area contributed by atoms with E-state index in [0.717, 1.165) is 24.4 Å². The summed E-state index contributed by atoms with van der Waals surface area (Å²) < 4.78 is 0. The van der Waals surface area contributed by atoms with Crippen molar-refractivity contribution in [3.05, 3.63) is 29.8 Å². The third kappa shape index (κ3) is 6.36. The molecule has 1 aromatic rings. The van der Waals surface area contributed by atoms with Crippen LogP contribution in [-0.4, -0.2) is 30.8 Å². The molecule has 3 nitrogen and oxygen atoms in total. The van der Waals surface area contributed by atoms with Crippen molar-refractivity contribution in [1.82, 2.24) is 10.6 Å². The summed E-state index contributed by atoms with van der Waals surface area (Å²) in [6.07, 6.45) is 1.03. The Balaban J connectivity index is 0.00000264. The molecule has 0 radical (unpaired) electrons. The topological polar surface area (TPSA) is 41.1 Å². The van der Waals surface area contributed by atoms with E-state index in [1.165, 1.54) is 5.56 Å². The molecule has 0 aliphatic carbocycles. The lowest BCUT2D eigenvalue weighted by Crippen LogP contribution is -2.48. The smallest absolute Gasteiger partial charge is 0.230 e. The van der Waals surface area contributed by atoms with Gasteiger partial charge in [-0.25, -0.2) is 0 Å². The van der Waals surface area contributed by atoms with E-state index in [0.29, 0.717) is 17.7 Å². The highest BCUT2D eigenvalue weighted by molar-refractivity contribution is 8.00. The van der Waals surface area contributed by atoms with Gasteiger partial charge in [0.25, 0.3) is 0 Å². The summed E-state index contributed by atoms with van der Waals surface area (Å²) in [4.78, 5) is 13.3. The maximum Gasteiger partial charge on any atom is 0.230 e. The Labute approximate surface area is 150 Å². The first-order valence-electron chi connectivity index (χ1n) is 8.09. The minimum absolute atomic E-state index is 0. The maximum absolute atomic E-state index is 12.1. The van der Waals surface area contributed by atoms with Crippen LogP contribution in [-0.2, 0) is 10.2 Å². The van der Waals surface area contributed by atoms with Gasteiger partial charge in [0, 0.05) is 10.9 Å². The van der Waals surface area contributed by atoms with E-state index >= 15 is 0 Å². The largest absolute Gasteiger partial charge is 0.352 e. The van der Waals surface area contributed by atoms with Gasteiger partial charge in [-0.3, -0.25) is 4.79 Å². The quantitative estimate of drug-likeness (QED) is 0.810. The average molecular weight is 357 g/mol. The maximum atomic E-state index is 12.1. The summed E-state index contributed by atoms with van der Waals surface area (Å²) in [5.74, 6) is 1.14. The first-order chi connectivity index (χ1) is 10.4. The van der Waals surface area contributed by atoms with Gasteiger partial charge >= 0.3 is 0 Å². The van der Waals surface area contributed by atoms with Crippen LogP contribution in [0.4, 0.5) is 0 Å². The molecule has 23 heavy (non-hydrogen) atoms. The second-order valence-corrected chi connectivity index (χ2v) is 8.26. The van der Waals surface area contributed by atoms with Crippen LogP contribution >= 0.6 is 24.2 Å². The van der Waals surface area contributed by atoms with E-state index in [-0.39, 0.29) is 23.7 Å². The molecule has 2 N–H and O–H groups in total. The predicted molar refractivity (Wildman–Crippen MR) is 102 cm³/mol. The fraction of sp³-hybridized carbons (Fsp3) is 0.611. The van der Waals surface area contributed by atoms with Crippen molar-refractivity contribution in [2.24, 2.45) is 5.92 Å². The summed E-state index contributed by atoms with van der Waals surface area (Å²) in [6.45, 7) is 10.8. The first kappa shape index (κ1) is 20.3. The molecule has 1 aliphatic heterocycles. The summed E-state index contributed by atoms with van der Waals surface area (Å²) in [7, 11) is 0. The van der Waals surface area contributed by atoms with Gasteiger partial charge in [0.15, 0.2) is 0 Å². The van der Waals surface area contributed by atoms with Gasteiger partial charge in [0.2, 0.25) is 5.91 Å². The number of halogens is 1. The van der Waals surface area contributed by atoms with Gasteiger partial charge in [0.1, 0.15) is 0 Å². The number of amides is 1. The van der Waals surface area contributed by atoms with E-state index < -0.39 is 0 Å². The third-order valence-electron chi connectivity index (χ3n) is 4.22. The molecule has 2 rings (SSSR count). The average Bonchev–Trinajstić information content (AvgIpc) is 2.47. The number of nitrogens with one attached hydrogen (secondary N) is 2. The SMILES string of the molecule is CC1CNCCC1NC(=O)CSc1ccc(C(C)(C)C)cc1.Cl. The zero-order valence-corrected chi connectivity index (χ0v) is 16.2. The van der Waals surface area contributed by atoms with Crippen molar-refractivity contribution in [3.8, 4) is 0 Å². The van der Waals surface area contributed by atoms with Gasteiger partial charge in [-0.05, 0) is 48.5 Å². The Kier molecular flexibility index (Phi) is 7.91. The van der Waals surface area contributed by atoms with E-state index in [1.807, 2.05) is 0 Å². The lowest BCUT2D eigenvalue weighted by molar-refractivity contribution is -0.119. The first-order valence-corrected chi connectivity index (χ1v) is 9.08. The molecule has 0 spiro atoms. The Morgan fingerprint density at radius 3 is 2.52 bits per heavy atom. The van der Waals surface area contributed by atoms with E-state index in [4.69, 9.17) is 0 Å². The summed E-state index contributed by atoms with van der Waals surface area (Å²) in [5.41, 5.74) is 1.50. The molecule has 1 heterocycles. The molecular formula is C18H29ClN2OS. The molecule has 1 aromatic carbocycles. The molecule has 2 unspecified atom stereocenters. The Morgan fingerprint density at radius 1 is 1.30 bits per heavy atom. The molecular weight excluding hydrogens is 328 g/mol. The van der Waals surface area contributed by atoms with Crippen LogP contribution in [0.5, 0.6) is 0 Å². The zero-order valence-electron chi connectivity index (χ0n) is 14.5. The molecule has 1 saturated heterocycles. The normalized spacial score (nSPS) is 21.4. The van der Waals surface area contributed by atoms with Crippen molar-refractivity contribution in [2.75, 3.05) is 18.8 Å². The lowest BCUT2D eigenvalue weighted by atomic mass is 9.87. The van der Waals surface area contributed by atoms with Crippen LogP contribution in [0.3, 0.4) is 0 Å². The number of thioether (sulfide) groups is 1. The summed E-state index contributed by atoms with van der Waals surface area (Å²) in [5, 5.41) is 6.53. The summed E-state index contributed by atoms with van der Waals surface area (Å²) >= 11 is 1.61. The highest BCUT2D eigenvalue weighted by atomic mass is 35.5.